The molecular weight excluding hydrogens is 208 g/mol. The van der Waals surface area contributed by atoms with Gasteiger partial charge in [0.25, 0.3) is 0 Å². The average Bonchev–Trinajstić information content (AvgIpc) is 2.46. The summed E-state index contributed by atoms with van der Waals surface area (Å²) in [6.07, 6.45) is 6.63. The van der Waals surface area contributed by atoms with Gasteiger partial charge in [-0.1, -0.05) is 38.5 Å². The minimum atomic E-state index is -0.246. The van der Waals surface area contributed by atoms with Gasteiger partial charge in [-0.2, -0.15) is 0 Å². The lowest BCUT2D eigenvalue weighted by atomic mass is 9.96. The van der Waals surface area contributed by atoms with E-state index in [0.717, 1.165) is 19.3 Å². The summed E-state index contributed by atoms with van der Waals surface area (Å²) >= 11 is 0. The van der Waals surface area contributed by atoms with Crippen molar-refractivity contribution >= 4 is 0 Å². The molecule has 0 aliphatic heterocycles. The Hall–Kier alpha value is -0.820. The second-order valence-corrected chi connectivity index (χ2v) is 5.53. The molecule has 1 heteroatoms. The van der Waals surface area contributed by atoms with Crippen LogP contribution in [0.15, 0.2) is 18.2 Å². The molecule has 2 atom stereocenters. The lowest BCUT2D eigenvalue weighted by Crippen LogP contribution is -2.02. The Balaban J connectivity index is 2.21. The Kier molecular flexibility index (Phi) is 4.22. The largest absolute Gasteiger partial charge is 0.388 e. The molecule has 0 saturated heterocycles. The van der Waals surface area contributed by atoms with Gasteiger partial charge in [-0.15, -0.1) is 0 Å². The van der Waals surface area contributed by atoms with Crippen LogP contribution in [0.2, 0.25) is 0 Å². The van der Waals surface area contributed by atoms with Crippen LogP contribution < -0.4 is 0 Å². The standard InChI is InChI=1S/C16H24O/c1-3-4-5-13-7-9-14-8-6-12(2)10-16(17)15(14)11-13/h7,9,11-12,16-17H,3-6,8,10H2,1-2H3. The average molecular weight is 232 g/mol. The van der Waals surface area contributed by atoms with Crippen LogP contribution in [0.25, 0.3) is 0 Å². The zero-order valence-corrected chi connectivity index (χ0v) is 11.1. The van der Waals surface area contributed by atoms with Gasteiger partial charge in [0.05, 0.1) is 6.10 Å². The number of aryl methyl sites for hydroxylation is 2. The van der Waals surface area contributed by atoms with Gasteiger partial charge in [0.2, 0.25) is 0 Å². The third kappa shape index (κ3) is 3.10. The van der Waals surface area contributed by atoms with E-state index in [2.05, 4.69) is 32.0 Å². The molecule has 1 aromatic rings. The lowest BCUT2D eigenvalue weighted by Gasteiger charge is -2.14. The number of hydrogen-bond acceptors (Lipinski definition) is 1. The van der Waals surface area contributed by atoms with Crippen molar-refractivity contribution in [1.29, 1.82) is 0 Å². The van der Waals surface area contributed by atoms with E-state index in [1.807, 2.05) is 0 Å². The van der Waals surface area contributed by atoms with Crippen LogP contribution in [0.5, 0.6) is 0 Å². The molecule has 94 valence electrons. The highest BCUT2D eigenvalue weighted by molar-refractivity contribution is 5.34. The SMILES string of the molecule is CCCCc1ccc2c(c1)C(O)CC(C)CC2. The van der Waals surface area contributed by atoms with Crippen molar-refractivity contribution in [3.8, 4) is 0 Å². The summed E-state index contributed by atoms with van der Waals surface area (Å²) in [5, 5.41) is 10.3. The minimum absolute atomic E-state index is 0.246. The maximum Gasteiger partial charge on any atom is 0.0795 e. The summed E-state index contributed by atoms with van der Waals surface area (Å²) in [6, 6.07) is 6.73. The van der Waals surface area contributed by atoms with Crippen molar-refractivity contribution < 1.29 is 5.11 Å². The van der Waals surface area contributed by atoms with Crippen LogP contribution >= 0.6 is 0 Å². The molecule has 0 heterocycles. The Bertz CT molecular complexity index is 370. The summed E-state index contributed by atoms with van der Waals surface area (Å²) in [5.41, 5.74) is 3.95. The molecule has 1 aliphatic rings. The molecule has 0 fully saturated rings. The number of fused-ring (bicyclic) bond motifs is 1. The van der Waals surface area contributed by atoms with Gasteiger partial charge in [-0.05, 0) is 54.7 Å². The first-order chi connectivity index (χ1) is 8.20. The van der Waals surface area contributed by atoms with E-state index in [4.69, 9.17) is 0 Å². The van der Waals surface area contributed by atoms with Gasteiger partial charge < -0.3 is 5.11 Å². The first-order valence-electron chi connectivity index (χ1n) is 7.00. The maximum atomic E-state index is 10.3. The molecule has 1 aromatic carbocycles. The molecule has 17 heavy (non-hydrogen) atoms. The fourth-order valence-corrected chi connectivity index (χ4v) is 2.75. The molecule has 2 rings (SSSR count). The van der Waals surface area contributed by atoms with Crippen molar-refractivity contribution in [3.63, 3.8) is 0 Å². The smallest absolute Gasteiger partial charge is 0.0795 e. The van der Waals surface area contributed by atoms with Crippen molar-refractivity contribution in [2.75, 3.05) is 0 Å². The molecule has 0 aromatic heterocycles. The van der Waals surface area contributed by atoms with Crippen molar-refractivity contribution in [2.45, 2.75) is 58.5 Å². The van der Waals surface area contributed by atoms with E-state index in [1.54, 1.807) is 0 Å². The molecule has 0 saturated carbocycles. The number of hydrogen-bond donors (Lipinski definition) is 1. The van der Waals surface area contributed by atoms with Gasteiger partial charge in [0, 0.05) is 0 Å². The van der Waals surface area contributed by atoms with Crippen molar-refractivity contribution in [1.82, 2.24) is 0 Å². The Morgan fingerprint density at radius 3 is 2.94 bits per heavy atom. The van der Waals surface area contributed by atoms with Crippen LogP contribution in [0.4, 0.5) is 0 Å². The normalized spacial score (nSPS) is 24.2. The van der Waals surface area contributed by atoms with E-state index < -0.39 is 0 Å². The van der Waals surface area contributed by atoms with E-state index in [1.165, 1.54) is 36.0 Å². The van der Waals surface area contributed by atoms with E-state index >= 15 is 0 Å². The van der Waals surface area contributed by atoms with Gasteiger partial charge in [0.15, 0.2) is 0 Å². The molecule has 0 amide bonds. The van der Waals surface area contributed by atoms with Crippen LogP contribution in [-0.4, -0.2) is 5.11 Å². The fourth-order valence-electron chi connectivity index (χ4n) is 2.75. The van der Waals surface area contributed by atoms with Crippen molar-refractivity contribution in [2.24, 2.45) is 5.92 Å². The third-order valence-electron chi connectivity index (χ3n) is 3.92. The highest BCUT2D eigenvalue weighted by Crippen LogP contribution is 2.32. The summed E-state index contributed by atoms with van der Waals surface area (Å²) in [5.74, 6) is 0.636. The highest BCUT2D eigenvalue weighted by atomic mass is 16.3. The number of rotatable bonds is 3. The zero-order chi connectivity index (χ0) is 12.3. The lowest BCUT2D eigenvalue weighted by molar-refractivity contribution is 0.150. The number of benzene rings is 1. The Morgan fingerprint density at radius 1 is 1.35 bits per heavy atom. The summed E-state index contributed by atoms with van der Waals surface area (Å²) in [7, 11) is 0. The zero-order valence-electron chi connectivity index (χ0n) is 11.1. The molecular formula is C16H24O. The van der Waals surface area contributed by atoms with Gasteiger partial charge in [-0.3, -0.25) is 0 Å². The van der Waals surface area contributed by atoms with Crippen LogP contribution in [0, 0.1) is 5.92 Å². The molecule has 1 aliphatic carbocycles. The molecule has 1 nitrogen and oxygen atoms in total. The van der Waals surface area contributed by atoms with Gasteiger partial charge in [0.1, 0.15) is 0 Å². The Labute approximate surface area is 105 Å². The number of aliphatic hydroxyl groups excluding tert-OH is 1. The van der Waals surface area contributed by atoms with Crippen molar-refractivity contribution in [3.05, 3.63) is 34.9 Å². The van der Waals surface area contributed by atoms with E-state index in [9.17, 15) is 5.11 Å². The molecule has 0 spiro atoms. The molecule has 0 bridgehead atoms. The summed E-state index contributed by atoms with van der Waals surface area (Å²) in [4.78, 5) is 0. The highest BCUT2D eigenvalue weighted by Gasteiger charge is 2.20. The summed E-state index contributed by atoms with van der Waals surface area (Å²) in [6.45, 7) is 4.47. The molecule has 0 radical (unpaired) electrons. The van der Waals surface area contributed by atoms with Crippen LogP contribution in [0.3, 0.4) is 0 Å². The summed E-state index contributed by atoms with van der Waals surface area (Å²) < 4.78 is 0. The third-order valence-corrected chi connectivity index (χ3v) is 3.92. The quantitative estimate of drug-likeness (QED) is 0.780. The molecule has 2 unspecified atom stereocenters. The van der Waals surface area contributed by atoms with Gasteiger partial charge >= 0.3 is 0 Å². The topological polar surface area (TPSA) is 20.2 Å². The maximum absolute atomic E-state index is 10.3. The van der Waals surface area contributed by atoms with Crippen LogP contribution in [-0.2, 0) is 12.8 Å². The molecule has 1 N–H and O–H groups in total. The van der Waals surface area contributed by atoms with E-state index in [-0.39, 0.29) is 6.10 Å². The van der Waals surface area contributed by atoms with E-state index in [0.29, 0.717) is 5.92 Å². The first-order valence-corrected chi connectivity index (χ1v) is 7.00. The predicted octanol–water partition coefficient (Wildman–Crippen LogP) is 4.04. The second kappa shape index (κ2) is 5.68. The second-order valence-electron chi connectivity index (χ2n) is 5.53. The van der Waals surface area contributed by atoms with Crippen LogP contribution in [0.1, 0.15) is 62.3 Å². The first kappa shape index (κ1) is 12.6. The monoisotopic (exact) mass is 232 g/mol. The predicted molar refractivity (Wildman–Crippen MR) is 72.1 cm³/mol. The Morgan fingerprint density at radius 2 is 2.18 bits per heavy atom. The fraction of sp³-hybridized carbons (Fsp3) is 0.625. The minimum Gasteiger partial charge on any atom is -0.388 e. The number of unbranched alkanes of at least 4 members (excludes halogenated alkanes) is 1. The van der Waals surface area contributed by atoms with Gasteiger partial charge in [-0.25, -0.2) is 0 Å². The number of aliphatic hydroxyl groups is 1.